The summed E-state index contributed by atoms with van der Waals surface area (Å²) in [7, 11) is 4.05. The third kappa shape index (κ3) is 3.87. The minimum atomic E-state index is 0.188. The minimum absolute atomic E-state index is 0.188. The molecule has 30 heavy (non-hydrogen) atoms. The lowest BCUT2D eigenvalue weighted by Crippen LogP contribution is -2.47. The van der Waals surface area contributed by atoms with Crippen LogP contribution in [0.5, 0.6) is 0 Å². The first-order valence-electron chi connectivity index (χ1n) is 10.6. The normalized spacial score (nSPS) is 21.2. The van der Waals surface area contributed by atoms with Gasteiger partial charge in [-0.05, 0) is 31.5 Å². The van der Waals surface area contributed by atoms with E-state index in [0.29, 0.717) is 18.4 Å². The molecular formula is C22H28N6OS. The molecule has 7 nitrogen and oxygen atoms in total. The quantitative estimate of drug-likeness (QED) is 0.608. The van der Waals surface area contributed by atoms with Crippen molar-refractivity contribution in [2.75, 3.05) is 20.1 Å². The maximum absolute atomic E-state index is 13.3. The Hall–Kier alpha value is -2.29. The topological polar surface area (TPSA) is 59.2 Å². The van der Waals surface area contributed by atoms with Crippen molar-refractivity contribution >= 4 is 11.3 Å². The Morgan fingerprint density at radius 2 is 2.07 bits per heavy atom. The monoisotopic (exact) mass is 424 g/mol. The molecule has 0 amide bonds. The third-order valence-corrected chi connectivity index (χ3v) is 7.16. The maximum Gasteiger partial charge on any atom is 0.255 e. The predicted molar refractivity (Wildman–Crippen MR) is 117 cm³/mol. The van der Waals surface area contributed by atoms with Crippen molar-refractivity contribution in [3.05, 3.63) is 68.3 Å². The van der Waals surface area contributed by atoms with E-state index in [-0.39, 0.29) is 5.56 Å². The summed E-state index contributed by atoms with van der Waals surface area (Å²) in [5.41, 5.74) is 3.51. The lowest BCUT2D eigenvalue weighted by molar-refractivity contribution is 0.112. The molecule has 5 rings (SSSR count). The molecule has 0 saturated carbocycles. The number of nitrogens with zero attached hydrogens (tertiary/aromatic N) is 6. The van der Waals surface area contributed by atoms with Crippen LogP contribution in [0.25, 0.3) is 0 Å². The zero-order chi connectivity index (χ0) is 20.7. The number of pyridine rings is 1. The highest BCUT2D eigenvalue weighted by molar-refractivity contribution is 7.09. The number of thiazole rings is 1. The van der Waals surface area contributed by atoms with Crippen LogP contribution in [0.2, 0.25) is 0 Å². The van der Waals surface area contributed by atoms with E-state index in [2.05, 4.69) is 43.6 Å². The summed E-state index contributed by atoms with van der Waals surface area (Å²) >= 11 is 1.66. The molecule has 1 saturated heterocycles. The minimum Gasteiger partial charge on any atom is -0.312 e. The molecule has 2 aliphatic heterocycles. The Morgan fingerprint density at radius 3 is 2.83 bits per heavy atom. The number of fused-ring (bicyclic) bond motifs is 4. The number of likely N-dealkylation sites (tertiary alicyclic amines) is 1. The smallest absolute Gasteiger partial charge is 0.255 e. The van der Waals surface area contributed by atoms with E-state index in [0.717, 1.165) is 43.3 Å². The van der Waals surface area contributed by atoms with Crippen molar-refractivity contribution in [3.8, 4) is 0 Å². The van der Waals surface area contributed by atoms with Crippen LogP contribution < -0.4 is 5.56 Å². The van der Waals surface area contributed by atoms with Crippen molar-refractivity contribution in [1.82, 2.24) is 29.1 Å². The van der Waals surface area contributed by atoms with Crippen LogP contribution in [-0.4, -0.2) is 49.3 Å². The number of rotatable bonds is 6. The van der Waals surface area contributed by atoms with Crippen molar-refractivity contribution in [2.24, 2.45) is 13.0 Å². The summed E-state index contributed by atoms with van der Waals surface area (Å²) in [5.74, 6) is 0.964. The van der Waals surface area contributed by atoms with Gasteiger partial charge in [-0.2, -0.15) is 5.10 Å². The molecule has 2 atom stereocenters. The zero-order valence-corrected chi connectivity index (χ0v) is 18.4. The number of aromatic nitrogens is 4. The second-order valence-corrected chi connectivity index (χ2v) is 9.72. The van der Waals surface area contributed by atoms with Gasteiger partial charge in [0.2, 0.25) is 0 Å². The fourth-order valence-corrected chi connectivity index (χ4v) is 5.73. The van der Waals surface area contributed by atoms with Crippen LogP contribution in [0.1, 0.15) is 34.3 Å². The molecule has 0 aromatic carbocycles. The Bertz CT molecular complexity index is 1070. The highest BCUT2D eigenvalue weighted by Gasteiger charge is 2.35. The number of hydrogen-bond acceptors (Lipinski definition) is 6. The van der Waals surface area contributed by atoms with Crippen molar-refractivity contribution < 1.29 is 0 Å². The van der Waals surface area contributed by atoms with Gasteiger partial charge in [0.05, 0.1) is 12.2 Å². The standard InChI is InChI=1S/C22H28N6OS/c1-25(15-21-23-7-8-30-21)12-17-3-4-20-18-9-16(11-28(20)22(17)29)10-27(13-18)14-19-5-6-24-26(19)2/h3-8,16,18H,9-15H2,1-2H3/t16-,18+/m0/s1. The Balaban J connectivity index is 1.32. The second-order valence-electron chi connectivity index (χ2n) is 8.74. The average Bonchev–Trinajstić information content (AvgIpc) is 3.36. The van der Waals surface area contributed by atoms with Gasteiger partial charge in [-0.15, -0.1) is 11.3 Å². The molecule has 2 aliphatic rings. The van der Waals surface area contributed by atoms with E-state index >= 15 is 0 Å². The van der Waals surface area contributed by atoms with Gasteiger partial charge < -0.3 is 4.57 Å². The van der Waals surface area contributed by atoms with Crippen LogP contribution in [0, 0.1) is 5.92 Å². The van der Waals surface area contributed by atoms with E-state index < -0.39 is 0 Å². The second kappa shape index (κ2) is 8.09. The van der Waals surface area contributed by atoms with Crippen LogP contribution in [-0.2, 0) is 33.2 Å². The molecule has 0 N–H and O–H groups in total. The van der Waals surface area contributed by atoms with E-state index in [9.17, 15) is 4.79 Å². The first-order chi connectivity index (χ1) is 14.6. The van der Waals surface area contributed by atoms with Gasteiger partial charge in [0, 0.05) is 74.7 Å². The molecular weight excluding hydrogens is 396 g/mol. The molecule has 0 radical (unpaired) electrons. The van der Waals surface area contributed by atoms with E-state index in [1.807, 2.05) is 35.6 Å². The van der Waals surface area contributed by atoms with Crippen molar-refractivity contribution in [3.63, 3.8) is 0 Å². The molecule has 0 unspecified atom stereocenters. The highest BCUT2D eigenvalue weighted by Crippen LogP contribution is 2.35. The van der Waals surface area contributed by atoms with E-state index in [1.165, 1.54) is 17.8 Å². The summed E-state index contributed by atoms with van der Waals surface area (Å²) in [6.45, 7) is 5.23. The van der Waals surface area contributed by atoms with Gasteiger partial charge in [0.15, 0.2) is 0 Å². The average molecular weight is 425 g/mol. The Kier molecular flexibility index (Phi) is 5.30. The molecule has 3 aromatic heterocycles. The lowest BCUT2D eigenvalue weighted by atomic mass is 9.83. The first kappa shape index (κ1) is 19.7. The molecule has 3 aromatic rings. The van der Waals surface area contributed by atoms with Crippen LogP contribution in [0.4, 0.5) is 0 Å². The molecule has 2 bridgehead atoms. The van der Waals surface area contributed by atoms with Gasteiger partial charge in [0.25, 0.3) is 5.56 Å². The zero-order valence-electron chi connectivity index (χ0n) is 17.6. The van der Waals surface area contributed by atoms with Crippen LogP contribution >= 0.6 is 11.3 Å². The maximum atomic E-state index is 13.3. The van der Waals surface area contributed by atoms with Crippen molar-refractivity contribution in [1.29, 1.82) is 0 Å². The molecule has 8 heteroatoms. The fraction of sp³-hybridized carbons (Fsp3) is 0.500. The van der Waals surface area contributed by atoms with Gasteiger partial charge in [0.1, 0.15) is 5.01 Å². The number of aryl methyl sites for hydroxylation is 1. The molecule has 0 aliphatic carbocycles. The summed E-state index contributed by atoms with van der Waals surface area (Å²) in [4.78, 5) is 22.3. The summed E-state index contributed by atoms with van der Waals surface area (Å²) in [6.07, 6.45) is 4.88. The molecule has 1 fully saturated rings. The molecule has 158 valence electrons. The largest absolute Gasteiger partial charge is 0.312 e. The highest BCUT2D eigenvalue weighted by atomic mass is 32.1. The fourth-order valence-electron chi connectivity index (χ4n) is 5.03. The molecule has 0 spiro atoms. The Morgan fingerprint density at radius 1 is 1.17 bits per heavy atom. The summed E-state index contributed by atoms with van der Waals surface area (Å²) in [5, 5.41) is 7.37. The van der Waals surface area contributed by atoms with Gasteiger partial charge >= 0.3 is 0 Å². The van der Waals surface area contributed by atoms with Gasteiger partial charge in [-0.3, -0.25) is 19.3 Å². The Labute approximate surface area is 180 Å². The number of piperidine rings is 1. The SMILES string of the molecule is CN(Cc1nccs1)Cc1ccc2n(c1=O)C[C@H]1C[C@@H]2CN(Cc2ccnn2C)C1. The molecule has 5 heterocycles. The van der Waals surface area contributed by atoms with Crippen molar-refractivity contribution in [2.45, 2.75) is 38.5 Å². The summed E-state index contributed by atoms with van der Waals surface area (Å²) in [6, 6.07) is 6.34. The number of hydrogen-bond donors (Lipinski definition) is 0. The third-order valence-electron chi connectivity index (χ3n) is 6.40. The van der Waals surface area contributed by atoms with Crippen LogP contribution in [0.3, 0.4) is 0 Å². The van der Waals surface area contributed by atoms with Gasteiger partial charge in [-0.25, -0.2) is 4.98 Å². The van der Waals surface area contributed by atoms with E-state index in [4.69, 9.17) is 0 Å². The van der Waals surface area contributed by atoms with Gasteiger partial charge in [-0.1, -0.05) is 6.07 Å². The van der Waals surface area contributed by atoms with E-state index in [1.54, 1.807) is 11.3 Å². The lowest BCUT2D eigenvalue weighted by Gasteiger charge is -2.43. The summed E-state index contributed by atoms with van der Waals surface area (Å²) < 4.78 is 4.02. The van der Waals surface area contributed by atoms with Crippen LogP contribution in [0.15, 0.2) is 40.8 Å². The predicted octanol–water partition coefficient (Wildman–Crippen LogP) is 2.29. The first-order valence-corrected chi connectivity index (χ1v) is 11.4.